The molecule has 0 saturated heterocycles. The van der Waals surface area contributed by atoms with Gasteiger partial charge < -0.3 is 19.5 Å². The number of nitrogens with one attached hydrogen (secondary N) is 1. The van der Waals surface area contributed by atoms with Crippen LogP contribution in [0.4, 0.5) is 4.79 Å². The van der Waals surface area contributed by atoms with E-state index >= 15 is 0 Å². The van der Waals surface area contributed by atoms with Crippen molar-refractivity contribution in [2.75, 3.05) is 24.7 Å². The predicted molar refractivity (Wildman–Crippen MR) is 110 cm³/mol. The number of carbonyl (C=O) groups excluding carboxylic acids is 3. The van der Waals surface area contributed by atoms with Crippen molar-refractivity contribution in [2.24, 2.45) is 5.92 Å². The fourth-order valence-corrected chi connectivity index (χ4v) is 3.96. The predicted octanol–water partition coefficient (Wildman–Crippen LogP) is 3.36. The summed E-state index contributed by atoms with van der Waals surface area (Å²) >= 11 is 0. The molecule has 0 radical (unpaired) electrons. The van der Waals surface area contributed by atoms with Gasteiger partial charge in [0, 0.05) is 11.5 Å². The molecule has 0 bridgehead atoms. The van der Waals surface area contributed by atoms with Crippen molar-refractivity contribution in [1.29, 1.82) is 0 Å². The van der Waals surface area contributed by atoms with Gasteiger partial charge in [0.15, 0.2) is 0 Å². The fourth-order valence-electron chi connectivity index (χ4n) is 1.48. The van der Waals surface area contributed by atoms with E-state index in [1.165, 1.54) is 33.7 Å². The van der Waals surface area contributed by atoms with E-state index in [0.29, 0.717) is 5.75 Å². The number of ether oxygens (including phenoxy) is 3. The molecular weight excluding hydrogens is 390 g/mol. The van der Waals surface area contributed by atoms with E-state index in [9.17, 15) is 14.4 Å². The molecule has 0 aromatic carbocycles. The Morgan fingerprint density at radius 1 is 1.00 bits per heavy atom. The maximum Gasteiger partial charge on any atom is 0.408 e. The van der Waals surface area contributed by atoms with Crippen molar-refractivity contribution < 1.29 is 28.6 Å². The van der Waals surface area contributed by atoms with E-state index in [0.717, 1.165) is 0 Å². The Morgan fingerprint density at radius 2 is 1.52 bits per heavy atom. The molecule has 0 heterocycles. The Labute approximate surface area is 169 Å². The molecule has 9 heteroatoms. The lowest BCUT2D eigenvalue weighted by Gasteiger charge is -2.22. The van der Waals surface area contributed by atoms with Crippen LogP contribution in [-0.2, 0) is 23.8 Å². The van der Waals surface area contributed by atoms with E-state index in [1.54, 1.807) is 27.7 Å². The number of amides is 1. The molecule has 0 aliphatic carbocycles. The summed E-state index contributed by atoms with van der Waals surface area (Å²) in [5.74, 6) is -0.424. The molecule has 27 heavy (non-hydrogen) atoms. The van der Waals surface area contributed by atoms with Gasteiger partial charge in [-0.15, -0.1) is 0 Å². The second kappa shape index (κ2) is 13.5. The number of esters is 2. The lowest BCUT2D eigenvalue weighted by atomic mass is 10.2. The lowest BCUT2D eigenvalue weighted by molar-refractivity contribution is -0.146. The number of carbonyl (C=O) groups is 3. The van der Waals surface area contributed by atoms with Gasteiger partial charge in [0.2, 0.25) is 0 Å². The van der Waals surface area contributed by atoms with Gasteiger partial charge in [-0.1, -0.05) is 53.8 Å². The Morgan fingerprint density at radius 3 is 2.04 bits per heavy atom. The highest BCUT2D eigenvalue weighted by Crippen LogP contribution is 2.25. The molecule has 154 valence electrons. The van der Waals surface area contributed by atoms with Gasteiger partial charge in [0.1, 0.15) is 24.9 Å². The minimum Gasteiger partial charge on any atom is -0.461 e. The summed E-state index contributed by atoms with van der Waals surface area (Å²) in [4.78, 5) is 35.7. The van der Waals surface area contributed by atoms with Gasteiger partial charge in [-0.3, -0.25) is 4.79 Å². The lowest BCUT2D eigenvalue weighted by Crippen LogP contribution is -2.45. The number of rotatable bonds is 12. The molecule has 1 amide bonds. The molecular formula is C18H29NO6S2. The quantitative estimate of drug-likeness (QED) is 0.169. The Bertz CT molecular complexity index is 518. The molecule has 0 spiro atoms. The molecule has 0 saturated carbocycles. The summed E-state index contributed by atoms with van der Waals surface area (Å²) in [7, 11) is 2.75. The second-order valence-corrected chi connectivity index (χ2v) is 9.06. The van der Waals surface area contributed by atoms with Crippen LogP contribution in [0.15, 0.2) is 25.3 Å². The zero-order valence-corrected chi connectivity index (χ0v) is 18.0. The molecule has 0 fully saturated rings. The van der Waals surface area contributed by atoms with Crippen LogP contribution in [-0.4, -0.2) is 54.4 Å². The van der Waals surface area contributed by atoms with Gasteiger partial charge in [-0.25, -0.2) is 9.59 Å². The monoisotopic (exact) mass is 419 g/mol. The molecule has 2 atom stereocenters. The molecule has 0 aromatic heterocycles. The SMILES string of the molecule is C=CCOC(=O)[C@H](CSSC[C@H](C)C(=O)OCC=C)NC(=O)OC(C)(C)C. The smallest absolute Gasteiger partial charge is 0.408 e. The number of hydrogen-bond acceptors (Lipinski definition) is 8. The first kappa shape index (κ1) is 25.4. The molecule has 0 rings (SSSR count). The summed E-state index contributed by atoms with van der Waals surface area (Å²) in [6.07, 6.45) is 2.25. The number of hydrogen-bond donors (Lipinski definition) is 1. The first-order valence-corrected chi connectivity index (χ1v) is 10.9. The summed E-state index contributed by atoms with van der Waals surface area (Å²) < 4.78 is 15.2. The average molecular weight is 420 g/mol. The average Bonchev–Trinajstić information content (AvgIpc) is 2.58. The third kappa shape index (κ3) is 13.2. The molecule has 0 aliphatic heterocycles. The van der Waals surface area contributed by atoms with Gasteiger partial charge in [-0.2, -0.15) is 0 Å². The van der Waals surface area contributed by atoms with Crippen LogP contribution in [0.2, 0.25) is 0 Å². The first-order chi connectivity index (χ1) is 12.6. The zero-order chi connectivity index (χ0) is 20.9. The second-order valence-electron chi connectivity index (χ2n) is 6.51. The normalized spacial score (nSPS) is 13.0. The third-order valence-corrected chi connectivity index (χ3v) is 5.29. The van der Waals surface area contributed by atoms with E-state index in [1.807, 2.05) is 0 Å². The Kier molecular flexibility index (Phi) is 12.7. The maximum atomic E-state index is 12.1. The Hall–Kier alpha value is -1.61. The fraction of sp³-hybridized carbons (Fsp3) is 0.611. The largest absolute Gasteiger partial charge is 0.461 e. The van der Waals surface area contributed by atoms with Crippen LogP contribution < -0.4 is 5.32 Å². The van der Waals surface area contributed by atoms with Gasteiger partial charge in [0.25, 0.3) is 0 Å². The van der Waals surface area contributed by atoms with Crippen LogP contribution in [0.25, 0.3) is 0 Å². The third-order valence-electron chi connectivity index (χ3n) is 2.70. The van der Waals surface area contributed by atoms with Gasteiger partial charge in [0.05, 0.1) is 5.92 Å². The van der Waals surface area contributed by atoms with Gasteiger partial charge in [-0.05, 0) is 20.8 Å². The topological polar surface area (TPSA) is 90.9 Å². The molecule has 7 nitrogen and oxygen atoms in total. The van der Waals surface area contributed by atoms with Crippen molar-refractivity contribution in [3.05, 3.63) is 25.3 Å². The summed E-state index contributed by atoms with van der Waals surface area (Å²) in [5, 5.41) is 2.51. The highest BCUT2D eigenvalue weighted by Gasteiger charge is 2.26. The standard InChI is InChI=1S/C18H29NO6S2/c1-7-9-23-15(20)13(3)11-26-27-12-14(16(21)24-10-8-2)19-17(22)25-18(4,5)6/h7-8,13-14H,1-2,9-12H2,3-6H3,(H,19,22)/t13-,14-/m0/s1. The van der Waals surface area contributed by atoms with Crippen LogP contribution >= 0.6 is 21.6 Å². The Balaban J connectivity index is 4.52. The number of alkyl carbamates (subject to hydrolysis) is 1. The minimum atomic E-state index is -0.875. The van der Waals surface area contributed by atoms with Crippen LogP contribution in [0.5, 0.6) is 0 Å². The van der Waals surface area contributed by atoms with Crippen molar-refractivity contribution in [2.45, 2.75) is 39.3 Å². The summed E-state index contributed by atoms with van der Waals surface area (Å²) in [6.45, 7) is 14.2. The van der Waals surface area contributed by atoms with Gasteiger partial charge >= 0.3 is 18.0 Å². The van der Waals surface area contributed by atoms with E-state index < -0.39 is 23.7 Å². The van der Waals surface area contributed by atoms with E-state index in [-0.39, 0.29) is 30.9 Å². The molecule has 0 aliphatic rings. The van der Waals surface area contributed by atoms with Crippen LogP contribution in [0.3, 0.4) is 0 Å². The maximum absolute atomic E-state index is 12.1. The molecule has 0 unspecified atom stereocenters. The van der Waals surface area contributed by atoms with Crippen molar-refractivity contribution in [3.63, 3.8) is 0 Å². The first-order valence-electron chi connectivity index (χ1n) is 8.39. The molecule has 1 N–H and O–H groups in total. The van der Waals surface area contributed by atoms with E-state index in [4.69, 9.17) is 14.2 Å². The minimum absolute atomic E-state index is 0.0509. The molecule has 0 aromatic rings. The van der Waals surface area contributed by atoms with Crippen molar-refractivity contribution in [1.82, 2.24) is 5.32 Å². The summed E-state index contributed by atoms with van der Waals surface area (Å²) in [6, 6.07) is -0.875. The summed E-state index contributed by atoms with van der Waals surface area (Å²) in [5.41, 5.74) is -0.678. The zero-order valence-electron chi connectivity index (χ0n) is 16.3. The van der Waals surface area contributed by atoms with E-state index in [2.05, 4.69) is 18.5 Å². The van der Waals surface area contributed by atoms with Crippen molar-refractivity contribution >= 4 is 39.6 Å². The van der Waals surface area contributed by atoms with Crippen LogP contribution in [0.1, 0.15) is 27.7 Å². The highest BCUT2D eigenvalue weighted by molar-refractivity contribution is 8.76. The highest BCUT2D eigenvalue weighted by atomic mass is 33.1. The van der Waals surface area contributed by atoms with Crippen LogP contribution in [0, 0.1) is 5.92 Å². The van der Waals surface area contributed by atoms with Crippen molar-refractivity contribution in [3.8, 4) is 0 Å².